The van der Waals surface area contributed by atoms with Gasteiger partial charge in [0.05, 0.1) is 11.6 Å². The lowest BCUT2D eigenvalue weighted by Gasteiger charge is -2.09. The maximum Gasteiger partial charge on any atom is 0.266 e. The molecule has 0 aliphatic rings. The zero-order chi connectivity index (χ0) is 22.2. The van der Waals surface area contributed by atoms with Gasteiger partial charge in [0.2, 0.25) is 0 Å². The fourth-order valence-electron chi connectivity index (χ4n) is 2.84. The Balaban J connectivity index is 1.74. The minimum atomic E-state index is -0.521. The summed E-state index contributed by atoms with van der Waals surface area (Å²) in [4.78, 5) is 12.6. The largest absolute Gasteiger partial charge is 0.489 e. The topological polar surface area (TPSA) is 85.9 Å². The highest BCUT2D eigenvalue weighted by atomic mass is 35.5. The van der Waals surface area contributed by atoms with Crippen LogP contribution in [0.5, 0.6) is 5.75 Å². The minimum Gasteiger partial charge on any atom is -0.489 e. The molecule has 0 fully saturated rings. The molecule has 5 nitrogen and oxygen atoms in total. The Hall–Kier alpha value is -4.06. The number of halogens is 1. The fourth-order valence-corrected chi connectivity index (χ4v) is 3.01. The summed E-state index contributed by atoms with van der Waals surface area (Å²) in [6.45, 7) is 2.09. The second kappa shape index (κ2) is 10.1. The van der Waals surface area contributed by atoms with E-state index in [2.05, 4.69) is 11.4 Å². The first-order valence-corrected chi connectivity index (χ1v) is 9.78. The second-order valence-electron chi connectivity index (χ2n) is 6.71. The van der Waals surface area contributed by atoms with E-state index in [1.807, 2.05) is 12.1 Å². The van der Waals surface area contributed by atoms with Gasteiger partial charge in [-0.1, -0.05) is 41.9 Å². The van der Waals surface area contributed by atoms with Gasteiger partial charge < -0.3 is 10.1 Å². The van der Waals surface area contributed by atoms with Crippen molar-refractivity contribution in [3.8, 4) is 17.9 Å². The first kappa shape index (κ1) is 21.6. The lowest BCUT2D eigenvalue weighted by Crippen LogP contribution is -2.14. The van der Waals surface area contributed by atoms with Crippen LogP contribution in [-0.4, -0.2) is 5.91 Å². The van der Waals surface area contributed by atoms with Crippen LogP contribution in [0.1, 0.15) is 22.3 Å². The van der Waals surface area contributed by atoms with Crippen molar-refractivity contribution in [3.63, 3.8) is 0 Å². The number of ether oxygens (including phenoxy) is 1. The van der Waals surface area contributed by atoms with Gasteiger partial charge in [-0.25, -0.2) is 0 Å². The van der Waals surface area contributed by atoms with Gasteiger partial charge in [0.1, 0.15) is 24.0 Å². The van der Waals surface area contributed by atoms with Gasteiger partial charge in [0.25, 0.3) is 5.91 Å². The van der Waals surface area contributed by atoms with Crippen molar-refractivity contribution in [2.75, 3.05) is 5.32 Å². The van der Waals surface area contributed by atoms with E-state index in [1.54, 1.807) is 67.6 Å². The molecule has 0 aliphatic carbocycles. The highest BCUT2D eigenvalue weighted by molar-refractivity contribution is 6.31. The van der Waals surface area contributed by atoms with Crippen molar-refractivity contribution in [2.24, 2.45) is 0 Å². The molecule has 0 saturated heterocycles. The number of anilines is 1. The lowest BCUT2D eigenvalue weighted by atomic mass is 10.1. The number of benzene rings is 3. The molecule has 0 saturated carbocycles. The molecule has 1 N–H and O–H groups in total. The Morgan fingerprint density at radius 1 is 1.10 bits per heavy atom. The first-order valence-electron chi connectivity index (χ1n) is 9.40. The average Bonchev–Trinajstić information content (AvgIpc) is 2.79. The predicted octanol–water partition coefficient (Wildman–Crippen LogP) is 5.64. The highest BCUT2D eigenvalue weighted by Crippen LogP contribution is 2.24. The quantitative estimate of drug-likeness (QED) is 0.407. The van der Waals surface area contributed by atoms with Crippen LogP contribution in [0.2, 0.25) is 5.02 Å². The summed E-state index contributed by atoms with van der Waals surface area (Å²) in [7, 11) is 0. The van der Waals surface area contributed by atoms with Crippen LogP contribution in [-0.2, 0) is 11.4 Å². The molecule has 0 atom stereocenters. The van der Waals surface area contributed by atoms with Gasteiger partial charge >= 0.3 is 0 Å². The molecule has 0 heterocycles. The number of nitrogens with one attached hydrogen (secondary N) is 1. The van der Waals surface area contributed by atoms with Gasteiger partial charge in [0.15, 0.2) is 0 Å². The summed E-state index contributed by atoms with van der Waals surface area (Å²) in [6.07, 6.45) is 1.50. The zero-order valence-corrected chi connectivity index (χ0v) is 17.5. The monoisotopic (exact) mass is 427 g/mol. The number of amides is 1. The summed E-state index contributed by atoms with van der Waals surface area (Å²) in [5, 5.41) is 21.7. The van der Waals surface area contributed by atoms with E-state index in [0.717, 1.165) is 11.1 Å². The molecule has 3 aromatic carbocycles. The van der Waals surface area contributed by atoms with Crippen LogP contribution in [0.15, 0.2) is 72.3 Å². The molecule has 152 valence electrons. The SMILES string of the molecule is Cc1c(Cl)cccc1NC(=O)/C(C#N)=C/c1cccc(OCc2cccc(C#N)c2)c1. The minimum absolute atomic E-state index is 0.0433. The molecule has 3 rings (SSSR count). The van der Waals surface area contributed by atoms with Crippen LogP contribution in [0.4, 0.5) is 5.69 Å². The van der Waals surface area contributed by atoms with Gasteiger partial charge in [-0.3, -0.25) is 4.79 Å². The van der Waals surface area contributed by atoms with E-state index >= 15 is 0 Å². The molecule has 0 radical (unpaired) electrons. The lowest BCUT2D eigenvalue weighted by molar-refractivity contribution is -0.112. The van der Waals surface area contributed by atoms with E-state index in [-0.39, 0.29) is 5.57 Å². The van der Waals surface area contributed by atoms with Crippen LogP contribution >= 0.6 is 11.6 Å². The maximum atomic E-state index is 12.6. The molecule has 0 bridgehead atoms. The molecule has 31 heavy (non-hydrogen) atoms. The number of rotatable bonds is 6. The Morgan fingerprint density at radius 3 is 2.65 bits per heavy atom. The van der Waals surface area contributed by atoms with E-state index in [9.17, 15) is 10.1 Å². The number of hydrogen-bond acceptors (Lipinski definition) is 4. The number of hydrogen-bond donors (Lipinski definition) is 1. The highest BCUT2D eigenvalue weighted by Gasteiger charge is 2.12. The van der Waals surface area contributed by atoms with Gasteiger partial charge in [0, 0.05) is 10.7 Å². The normalized spacial score (nSPS) is 10.6. The molecule has 0 spiro atoms. The average molecular weight is 428 g/mol. The smallest absolute Gasteiger partial charge is 0.266 e. The summed E-state index contributed by atoms with van der Waals surface area (Å²) >= 11 is 6.09. The zero-order valence-electron chi connectivity index (χ0n) is 16.7. The van der Waals surface area contributed by atoms with Crippen molar-refractivity contribution < 1.29 is 9.53 Å². The number of carbonyl (C=O) groups excluding carboxylic acids is 1. The van der Waals surface area contributed by atoms with Crippen molar-refractivity contribution in [2.45, 2.75) is 13.5 Å². The molecular formula is C25H18ClN3O2. The van der Waals surface area contributed by atoms with Crippen molar-refractivity contribution in [1.82, 2.24) is 0 Å². The first-order chi connectivity index (χ1) is 15.0. The van der Waals surface area contributed by atoms with E-state index < -0.39 is 5.91 Å². The number of nitrogens with zero attached hydrogens (tertiary/aromatic N) is 2. The number of carbonyl (C=O) groups is 1. The Labute approximate surface area is 185 Å². The third-order valence-corrected chi connectivity index (χ3v) is 4.92. The molecular weight excluding hydrogens is 410 g/mol. The predicted molar refractivity (Wildman–Crippen MR) is 120 cm³/mol. The second-order valence-corrected chi connectivity index (χ2v) is 7.12. The summed E-state index contributed by atoms with van der Waals surface area (Å²) < 4.78 is 5.80. The Kier molecular flexibility index (Phi) is 7.06. The third-order valence-electron chi connectivity index (χ3n) is 4.51. The van der Waals surface area contributed by atoms with E-state index in [4.69, 9.17) is 21.6 Å². The van der Waals surface area contributed by atoms with Gasteiger partial charge in [-0.05, 0) is 66.1 Å². The van der Waals surface area contributed by atoms with Gasteiger partial charge in [-0.2, -0.15) is 10.5 Å². The van der Waals surface area contributed by atoms with Gasteiger partial charge in [-0.15, -0.1) is 0 Å². The van der Waals surface area contributed by atoms with Crippen LogP contribution in [0.25, 0.3) is 6.08 Å². The van der Waals surface area contributed by atoms with E-state index in [1.165, 1.54) is 6.08 Å². The summed E-state index contributed by atoms with van der Waals surface area (Å²) in [5.74, 6) is 0.0620. The molecule has 6 heteroatoms. The fraction of sp³-hybridized carbons (Fsp3) is 0.0800. The molecule has 0 aliphatic heterocycles. The molecule has 3 aromatic rings. The summed E-state index contributed by atoms with van der Waals surface area (Å²) in [6, 6.07) is 23.5. The van der Waals surface area contributed by atoms with Crippen molar-refractivity contribution >= 4 is 29.3 Å². The van der Waals surface area contributed by atoms with Crippen molar-refractivity contribution in [3.05, 3.63) is 99.6 Å². The molecule has 0 unspecified atom stereocenters. The van der Waals surface area contributed by atoms with Crippen LogP contribution in [0, 0.1) is 29.6 Å². The van der Waals surface area contributed by atoms with Crippen molar-refractivity contribution in [1.29, 1.82) is 10.5 Å². The molecule has 1 amide bonds. The molecule has 0 aromatic heterocycles. The Bertz CT molecular complexity index is 1240. The Morgan fingerprint density at radius 2 is 1.87 bits per heavy atom. The van der Waals surface area contributed by atoms with Crippen LogP contribution < -0.4 is 10.1 Å². The maximum absolute atomic E-state index is 12.6. The van der Waals surface area contributed by atoms with E-state index in [0.29, 0.717) is 34.2 Å². The summed E-state index contributed by atoms with van der Waals surface area (Å²) in [5.41, 5.74) is 3.32. The van der Waals surface area contributed by atoms with Crippen LogP contribution in [0.3, 0.4) is 0 Å². The third kappa shape index (κ3) is 5.73. The standard InChI is InChI=1S/C25H18ClN3O2/c1-17-23(26)9-4-10-24(17)29-25(30)21(15-28)12-18-5-3-8-22(13-18)31-16-20-7-2-6-19(11-20)14-27/h2-13H,16H2,1H3,(H,29,30)/b21-12+. The number of nitriles is 2.